The molecule has 2 aromatic heterocycles. The van der Waals surface area contributed by atoms with E-state index in [2.05, 4.69) is 20.5 Å². The molecule has 9 heteroatoms. The molecule has 0 fully saturated rings. The first-order chi connectivity index (χ1) is 14.0. The van der Waals surface area contributed by atoms with Crippen LogP contribution < -0.4 is 5.32 Å². The van der Waals surface area contributed by atoms with Gasteiger partial charge < -0.3 is 5.32 Å². The number of halogens is 2. The van der Waals surface area contributed by atoms with E-state index in [1.54, 1.807) is 64.5 Å². The molecule has 0 atom stereocenters. The minimum atomic E-state index is -3.51. The van der Waals surface area contributed by atoms with Crippen LogP contribution in [0, 0.1) is 5.82 Å². The van der Waals surface area contributed by atoms with Crippen LogP contribution in [0.25, 0.3) is 21.8 Å². The second kappa shape index (κ2) is 8.20. The molecule has 2 N–H and O–H groups in total. The van der Waals surface area contributed by atoms with Gasteiger partial charge in [0.25, 0.3) is 0 Å². The molecule has 30 heavy (non-hydrogen) atoms. The van der Waals surface area contributed by atoms with Crippen LogP contribution in [-0.2, 0) is 9.84 Å². The van der Waals surface area contributed by atoms with Crippen LogP contribution in [0.4, 0.5) is 10.1 Å². The van der Waals surface area contributed by atoms with Crippen LogP contribution in [0.15, 0.2) is 53.7 Å². The van der Waals surface area contributed by atoms with Crippen molar-refractivity contribution in [2.75, 3.05) is 12.4 Å². The number of rotatable bonds is 2. The summed E-state index contributed by atoms with van der Waals surface area (Å²) in [5.41, 5.74) is 2.34. The van der Waals surface area contributed by atoms with E-state index in [1.807, 2.05) is 0 Å². The third kappa shape index (κ3) is 4.24. The number of nitrogens with zero attached hydrogens (tertiary/aromatic N) is 2. The fourth-order valence-electron chi connectivity index (χ4n) is 2.81. The first-order valence-electron chi connectivity index (χ1n) is 9.14. The summed E-state index contributed by atoms with van der Waals surface area (Å²) < 4.78 is 36.7. The quantitative estimate of drug-likeness (QED) is 0.439. The topological polar surface area (TPSA) is 87.7 Å². The third-order valence-electron chi connectivity index (χ3n) is 4.56. The van der Waals surface area contributed by atoms with Gasteiger partial charge in [-0.15, -0.1) is 0 Å². The number of anilines is 1. The number of aromatic nitrogens is 3. The predicted molar refractivity (Wildman–Crippen MR) is 119 cm³/mol. The molecule has 0 bridgehead atoms. The van der Waals surface area contributed by atoms with Gasteiger partial charge in [0.05, 0.1) is 31.9 Å². The van der Waals surface area contributed by atoms with E-state index in [4.69, 9.17) is 11.6 Å². The summed E-state index contributed by atoms with van der Waals surface area (Å²) in [6.45, 7) is 4.97. The molecule has 0 radical (unpaired) electrons. The van der Waals surface area contributed by atoms with Crippen LogP contribution >= 0.6 is 11.6 Å². The predicted octanol–water partition coefficient (Wildman–Crippen LogP) is 5.20. The normalized spacial score (nSPS) is 11.9. The fourth-order valence-corrected chi connectivity index (χ4v) is 4.53. The monoisotopic (exact) mass is 448 g/mol. The van der Waals surface area contributed by atoms with Crippen LogP contribution in [-0.4, -0.2) is 35.4 Å². The van der Waals surface area contributed by atoms with Crippen molar-refractivity contribution in [1.82, 2.24) is 15.2 Å². The van der Waals surface area contributed by atoms with Crippen molar-refractivity contribution in [2.45, 2.75) is 30.4 Å². The van der Waals surface area contributed by atoms with Crippen LogP contribution in [0.2, 0.25) is 5.02 Å². The molecule has 4 rings (SSSR count). The average Bonchev–Trinajstić information content (AvgIpc) is 3.14. The number of fused-ring (bicyclic) bond motifs is 2. The highest BCUT2D eigenvalue weighted by atomic mass is 35.5. The van der Waals surface area contributed by atoms with Gasteiger partial charge in [-0.05, 0) is 57.2 Å². The molecule has 0 aliphatic rings. The maximum Gasteiger partial charge on any atom is 0.184 e. The lowest BCUT2D eigenvalue weighted by Gasteiger charge is -2.20. The molecule has 0 saturated carbocycles. The van der Waals surface area contributed by atoms with Crippen molar-refractivity contribution in [2.24, 2.45) is 0 Å². The van der Waals surface area contributed by atoms with E-state index in [-0.39, 0.29) is 15.7 Å². The zero-order valence-electron chi connectivity index (χ0n) is 17.0. The van der Waals surface area contributed by atoms with Gasteiger partial charge in [-0.25, -0.2) is 12.8 Å². The summed E-state index contributed by atoms with van der Waals surface area (Å²) >= 11 is 6.15. The first kappa shape index (κ1) is 22.0. The van der Waals surface area contributed by atoms with Gasteiger partial charge in [0.2, 0.25) is 0 Å². The zero-order valence-corrected chi connectivity index (χ0v) is 18.6. The van der Waals surface area contributed by atoms with E-state index in [9.17, 15) is 12.8 Å². The van der Waals surface area contributed by atoms with E-state index >= 15 is 0 Å². The first-order valence-corrected chi connectivity index (χ1v) is 11.0. The molecule has 0 unspecified atom stereocenters. The Morgan fingerprint density at radius 1 is 1.13 bits per heavy atom. The molecular formula is C21H22ClFN4O2S. The molecule has 2 heterocycles. The van der Waals surface area contributed by atoms with Gasteiger partial charge in [0, 0.05) is 29.7 Å². The number of nitrogens with one attached hydrogen (secondary N) is 2. The molecule has 0 saturated heterocycles. The Hall–Kier alpha value is -2.71. The highest BCUT2D eigenvalue weighted by molar-refractivity contribution is 7.92. The molecule has 2 aromatic carbocycles. The number of benzene rings is 2. The number of sulfone groups is 1. The van der Waals surface area contributed by atoms with E-state index in [0.717, 1.165) is 22.0 Å². The lowest BCUT2D eigenvalue weighted by atomic mass is 10.2. The summed E-state index contributed by atoms with van der Waals surface area (Å²) in [7, 11) is -1.73. The van der Waals surface area contributed by atoms with Crippen LogP contribution in [0.3, 0.4) is 0 Å². The Labute approximate surface area is 179 Å². The van der Waals surface area contributed by atoms with Crippen LogP contribution in [0.5, 0.6) is 0 Å². The second-order valence-corrected chi connectivity index (χ2v) is 10.7. The van der Waals surface area contributed by atoms with Crippen LogP contribution in [0.1, 0.15) is 20.8 Å². The Balaban J connectivity index is 0.000000212. The standard InChI is InChI=1S/C14H17ClN2O2S.C7H5FN2/c1-14(2,3)20(18,19)13-7-9-11(16-4)5-6-17-12(9)8-10(13)15;8-6-1-2-7-5(3-6)4-9-10-7/h5-8H,1-4H3,(H,16,17);1-4H,(H,9,10). The van der Waals surface area contributed by atoms with Gasteiger partial charge in [-0.2, -0.15) is 5.10 Å². The molecule has 0 spiro atoms. The molecule has 0 amide bonds. The number of aromatic amines is 1. The van der Waals surface area contributed by atoms with Crippen molar-refractivity contribution in [3.63, 3.8) is 0 Å². The SMILES string of the molecule is CNc1ccnc2cc(Cl)c(S(=O)(=O)C(C)(C)C)cc12.Fc1ccc2[nH]ncc2c1. The average molecular weight is 449 g/mol. The van der Waals surface area contributed by atoms with Gasteiger partial charge in [-0.1, -0.05) is 11.6 Å². The lowest BCUT2D eigenvalue weighted by molar-refractivity contribution is 0.560. The van der Waals surface area contributed by atoms with Crippen molar-refractivity contribution in [1.29, 1.82) is 0 Å². The maximum absolute atomic E-state index is 12.6. The number of pyridine rings is 1. The Kier molecular flexibility index (Phi) is 6.01. The van der Waals surface area contributed by atoms with Gasteiger partial charge >= 0.3 is 0 Å². The number of hydrogen-bond acceptors (Lipinski definition) is 5. The molecule has 6 nitrogen and oxygen atoms in total. The zero-order chi connectivity index (χ0) is 22.1. The largest absolute Gasteiger partial charge is 0.388 e. The lowest BCUT2D eigenvalue weighted by Crippen LogP contribution is -2.28. The molecule has 0 aliphatic heterocycles. The molecular weight excluding hydrogens is 427 g/mol. The summed E-state index contributed by atoms with van der Waals surface area (Å²) in [5, 5.41) is 11.3. The fraction of sp³-hybridized carbons (Fsp3) is 0.238. The summed E-state index contributed by atoms with van der Waals surface area (Å²) in [5.74, 6) is -0.228. The van der Waals surface area contributed by atoms with E-state index in [0.29, 0.717) is 5.52 Å². The minimum absolute atomic E-state index is 0.142. The molecule has 0 aliphatic carbocycles. The van der Waals surface area contributed by atoms with Crippen molar-refractivity contribution in [3.05, 3.63) is 59.6 Å². The summed E-state index contributed by atoms with van der Waals surface area (Å²) in [4.78, 5) is 4.36. The van der Waals surface area contributed by atoms with Gasteiger partial charge in [0.15, 0.2) is 9.84 Å². The van der Waals surface area contributed by atoms with Gasteiger partial charge in [0.1, 0.15) is 5.82 Å². The number of H-pyrrole nitrogens is 1. The number of hydrogen-bond donors (Lipinski definition) is 2. The highest BCUT2D eigenvalue weighted by Crippen LogP contribution is 2.35. The summed E-state index contributed by atoms with van der Waals surface area (Å²) in [6.07, 6.45) is 3.25. The highest BCUT2D eigenvalue weighted by Gasteiger charge is 2.33. The Morgan fingerprint density at radius 3 is 2.53 bits per heavy atom. The van der Waals surface area contributed by atoms with E-state index < -0.39 is 14.6 Å². The Bertz CT molecular complexity index is 1310. The summed E-state index contributed by atoms with van der Waals surface area (Å²) in [6, 6.07) is 9.49. The second-order valence-electron chi connectivity index (χ2n) is 7.63. The van der Waals surface area contributed by atoms with Gasteiger partial charge in [-0.3, -0.25) is 10.1 Å². The molecule has 4 aromatic rings. The van der Waals surface area contributed by atoms with Crippen molar-refractivity contribution >= 4 is 48.9 Å². The van der Waals surface area contributed by atoms with Crippen molar-refractivity contribution in [3.8, 4) is 0 Å². The van der Waals surface area contributed by atoms with E-state index in [1.165, 1.54) is 12.1 Å². The third-order valence-corrected chi connectivity index (χ3v) is 7.52. The Morgan fingerprint density at radius 2 is 1.87 bits per heavy atom. The maximum atomic E-state index is 12.6. The van der Waals surface area contributed by atoms with Crippen molar-refractivity contribution < 1.29 is 12.8 Å². The smallest absolute Gasteiger partial charge is 0.184 e. The molecule has 158 valence electrons. The minimum Gasteiger partial charge on any atom is -0.388 e.